The minimum absolute atomic E-state index is 0.137. The van der Waals surface area contributed by atoms with Gasteiger partial charge in [0.15, 0.2) is 5.96 Å². The van der Waals surface area contributed by atoms with Crippen LogP contribution >= 0.6 is 0 Å². The van der Waals surface area contributed by atoms with Crippen LogP contribution in [-0.4, -0.2) is 21.9 Å². The highest BCUT2D eigenvalue weighted by molar-refractivity contribution is 5.92. The zero-order chi connectivity index (χ0) is 21.4. The molecule has 3 aromatic rings. The lowest BCUT2D eigenvalue weighted by atomic mass is 10.1. The maximum Gasteiger partial charge on any atom is 0.573 e. The highest BCUT2D eigenvalue weighted by Crippen LogP contribution is 2.23. The van der Waals surface area contributed by atoms with E-state index in [0.29, 0.717) is 5.69 Å². The number of halogens is 3. The van der Waals surface area contributed by atoms with Crippen LogP contribution in [0.25, 0.3) is 0 Å². The molecule has 0 aliphatic rings. The van der Waals surface area contributed by atoms with Crippen LogP contribution in [0.5, 0.6) is 5.75 Å². The first-order valence-electron chi connectivity index (χ1n) is 9.36. The molecule has 0 spiro atoms. The normalized spacial score (nSPS) is 12.0. The van der Waals surface area contributed by atoms with Crippen molar-refractivity contribution in [2.45, 2.75) is 32.3 Å². The first-order chi connectivity index (χ1) is 14.4. The van der Waals surface area contributed by atoms with E-state index in [0.717, 1.165) is 25.2 Å². The van der Waals surface area contributed by atoms with E-state index >= 15 is 0 Å². The first kappa shape index (κ1) is 21.2. The Balaban J connectivity index is 1.50. The van der Waals surface area contributed by atoms with E-state index in [1.807, 2.05) is 29.0 Å². The number of hydrogen-bond acceptors (Lipinski definition) is 3. The topological polar surface area (TPSA) is 77.5 Å². The fraction of sp³-hybridized carbons (Fsp3) is 0.238. The van der Waals surface area contributed by atoms with Crippen LogP contribution in [0.1, 0.15) is 17.8 Å². The van der Waals surface area contributed by atoms with E-state index < -0.39 is 6.36 Å². The molecule has 0 amide bonds. The van der Waals surface area contributed by atoms with Gasteiger partial charge in [-0.3, -0.25) is 0 Å². The summed E-state index contributed by atoms with van der Waals surface area (Å²) in [6.45, 7) is 1.10. The predicted octanol–water partition coefficient (Wildman–Crippen LogP) is 4.34. The average Bonchev–Trinajstić information content (AvgIpc) is 3.15. The Morgan fingerprint density at radius 2 is 1.83 bits per heavy atom. The van der Waals surface area contributed by atoms with Gasteiger partial charge in [-0.25, -0.2) is 9.98 Å². The Hall–Kier alpha value is -3.49. The molecular weight excluding hydrogens is 395 g/mol. The molecule has 1 heterocycles. The maximum absolute atomic E-state index is 12.2. The number of nitrogens with two attached hydrogens (primary N) is 1. The number of nitrogens with zero attached hydrogens (tertiary/aromatic N) is 3. The van der Waals surface area contributed by atoms with E-state index in [2.05, 4.69) is 32.2 Å². The summed E-state index contributed by atoms with van der Waals surface area (Å²) in [5, 5.41) is 2.83. The van der Waals surface area contributed by atoms with Crippen molar-refractivity contribution in [1.82, 2.24) is 9.55 Å². The third-order valence-electron chi connectivity index (χ3n) is 4.26. The van der Waals surface area contributed by atoms with Crippen LogP contribution in [0.3, 0.4) is 0 Å². The number of ether oxygens (including phenoxy) is 1. The SMILES string of the molecule is NC(=NCc1nccn1CCCc1ccccc1)Nc1ccc(OC(F)(F)F)cc1. The van der Waals surface area contributed by atoms with Gasteiger partial charge in [0.25, 0.3) is 0 Å². The molecule has 158 valence electrons. The second kappa shape index (κ2) is 9.82. The van der Waals surface area contributed by atoms with E-state index in [1.54, 1.807) is 6.20 Å². The Morgan fingerprint density at radius 3 is 2.53 bits per heavy atom. The molecule has 2 aromatic carbocycles. The Morgan fingerprint density at radius 1 is 1.10 bits per heavy atom. The van der Waals surface area contributed by atoms with Gasteiger partial charge in [-0.15, -0.1) is 13.2 Å². The van der Waals surface area contributed by atoms with Crippen molar-refractivity contribution in [1.29, 1.82) is 0 Å². The predicted molar refractivity (Wildman–Crippen MR) is 109 cm³/mol. The number of nitrogens with one attached hydrogen (secondary N) is 1. The number of rotatable bonds is 8. The fourth-order valence-electron chi connectivity index (χ4n) is 2.88. The molecule has 0 atom stereocenters. The summed E-state index contributed by atoms with van der Waals surface area (Å²) in [4.78, 5) is 8.58. The van der Waals surface area contributed by atoms with Crippen LogP contribution in [0.4, 0.5) is 18.9 Å². The zero-order valence-electron chi connectivity index (χ0n) is 16.1. The van der Waals surface area contributed by atoms with Crippen LogP contribution in [0, 0.1) is 0 Å². The molecule has 30 heavy (non-hydrogen) atoms. The molecular formula is C21H22F3N5O. The average molecular weight is 417 g/mol. The molecule has 0 radical (unpaired) electrons. The Bertz CT molecular complexity index is 953. The van der Waals surface area contributed by atoms with Crippen LogP contribution in [0.2, 0.25) is 0 Å². The van der Waals surface area contributed by atoms with E-state index in [-0.39, 0.29) is 18.3 Å². The third-order valence-corrected chi connectivity index (χ3v) is 4.26. The van der Waals surface area contributed by atoms with Crippen molar-refractivity contribution in [3.8, 4) is 5.75 Å². The summed E-state index contributed by atoms with van der Waals surface area (Å²) in [7, 11) is 0. The summed E-state index contributed by atoms with van der Waals surface area (Å²) in [6, 6.07) is 15.5. The number of guanidine groups is 1. The van der Waals surface area contributed by atoms with Gasteiger partial charge in [0.2, 0.25) is 0 Å². The molecule has 9 heteroatoms. The number of alkyl halides is 3. The molecule has 0 saturated heterocycles. The maximum atomic E-state index is 12.2. The molecule has 0 aliphatic heterocycles. The number of hydrogen-bond donors (Lipinski definition) is 2. The monoisotopic (exact) mass is 417 g/mol. The van der Waals surface area contributed by atoms with Gasteiger partial charge in [-0.1, -0.05) is 30.3 Å². The van der Waals surface area contributed by atoms with Crippen molar-refractivity contribution in [2.75, 3.05) is 5.32 Å². The standard InChI is InChI=1S/C21H22F3N5O/c22-21(23,24)30-18-10-8-17(9-11-18)28-20(25)27-15-19-26-12-14-29(19)13-4-7-16-5-2-1-3-6-16/h1-3,5-6,8-12,14H,4,7,13,15H2,(H3,25,27,28). The molecule has 1 aromatic heterocycles. The Labute approximate surface area is 172 Å². The lowest BCUT2D eigenvalue weighted by Crippen LogP contribution is -2.23. The Kier molecular flexibility index (Phi) is 6.95. The van der Waals surface area contributed by atoms with Crippen molar-refractivity contribution >= 4 is 11.6 Å². The number of benzene rings is 2. The summed E-state index contributed by atoms with van der Waals surface area (Å²) in [5.74, 6) is 0.612. The molecule has 0 bridgehead atoms. The van der Waals surface area contributed by atoms with Gasteiger partial charge in [0, 0.05) is 24.6 Å². The fourth-order valence-corrected chi connectivity index (χ4v) is 2.88. The van der Waals surface area contributed by atoms with Crippen molar-refractivity contribution in [3.05, 3.63) is 78.4 Å². The number of aliphatic imine (C=N–C) groups is 1. The van der Waals surface area contributed by atoms with E-state index in [9.17, 15) is 13.2 Å². The van der Waals surface area contributed by atoms with E-state index in [4.69, 9.17) is 5.73 Å². The zero-order valence-corrected chi connectivity index (χ0v) is 16.1. The van der Waals surface area contributed by atoms with Gasteiger partial charge >= 0.3 is 6.36 Å². The summed E-state index contributed by atoms with van der Waals surface area (Å²) in [5.41, 5.74) is 7.67. The van der Waals surface area contributed by atoms with Crippen LogP contribution < -0.4 is 15.8 Å². The van der Waals surface area contributed by atoms with Crippen molar-refractivity contribution in [3.63, 3.8) is 0 Å². The highest BCUT2D eigenvalue weighted by atomic mass is 19.4. The number of aryl methyl sites for hydroxylation is 2. The van der Waals surface area contributed by atoms with Gasteiger partial charge in [0.05, 0.1) is 0 Å². The van der Waals surface area contributed by atoms with Gasteiger partial charge in [-0.2, -0.15) is 0 Å². The van der Waals surface area contributed by atoms with Crippen LogP contribution in [-0.2, 0) is 19.5 Å². The minimum atomic E-state index is -4.72. The van der Waals surface area contributed by atoms with Gasteiger partial charge in [-0.05, 0) is 42.7 Å². The largest absolute Gasteiger partial charge is 0.573 e. The number of aromatic nitrogens is 2. The lowest BCUT2D eigenvalue weighted by Gasteiger charge is -2.10. The lowest BCUT2D eigenvalue weighted by molar-refractivity contribution is -0.274. The molecule has 3 N–H and O–H groups in total. The third kappa shape index (κ3) is 6.84. The van der Waals surface area contributed by atoms with Crippen molar-refractivity contribution < 1.29 is 17.9 Å². The van der Waals surface area contributed by atoms with Gasteiger partial charge < -0.3 is 20.4 Å². The molecule has 0 saturated carbocycles. The minimum Gasteiger partial charge on any atom is -0.406 e. The molecule has 3 rings (SSSR count). The second-order valence-electron chi connectivity index (χ2n) is 6.52. The molecule has 0 unspecified atom stereocenters. The van der Waals surface area contributed by atoms with Gasteiger partial charge in [0.1, 0.15) is 18.1 Å². The van der Waals surface area contributed by atoms with Crippen LogP contribution in [0.15, 0.2) is 72.0 Å². The number of anilines is 1. The highest BCUT2D eigenvalue weighted by Gasteiger charge is 2.30. The summed E-state index contributed by atoms with van der Waals surface area (Å²) >= 11 is 0. The van der Waals surface area contributed by atoms with E-state index in [1.165, 1.54) is 29.8 Å². The number of imidazole rings is 1. The molecule has 0 fully saturated rings. The smallest absolute Gasteiger partial charge is 0.406 e. The second-order valence-corrected chi connectivity index (χ2v) is 6.52. The molecule has 6 nitrogen and oxygen atoms in total. The quantitative estimate of drug-likeness (QED) is 0.422. The van der Waals surface area contributed by atoms with Crippen molar-refractivity contribution in [2.24, 2.45) is 10.7 Å². The summed E-state index contributed by atoms with van der Waals surface area (Å²) in [6.07, 6.45) is 0.838. The summed E-state index contributed by atoms with van der Waals surface area (Å²) < 4.78 is 42.5. The first-order valence-corrected chi connectivity index (χ1v) is 9.36. The molecule has 0 aliphatic carbocycles.